The maximum absolute atomic E-state index is 5.93. The predicted molar refractivity (Wildman–Crippen MR) is 57.7 cm³/mol. The summed E-state index contributed by atoms with van der Waals surface area (Å²) >= 11 is 0. The Morgan fingerprint density at radius 2 is 2.00 bits per heavy atom. The van der Waals surface area contributed by atoms with Gasteiger partial charge in [-0.3, -0.25) is 0 Å². The summed E-state index contributed by atoms with van der Waals surface area (Å²) in [5.74, 6) is 1.05. The third-order valence-corrected chi connectivity index (χ3v) is 5.22. The summed E-state index contributed by atoms with van der Waals surface area (Å²) in [7, 11) is 0.485. The van der Waals surface area contributed by atoms with E-state index in [0.717, 1.165) is 5.75 Å². The second-order valence-electron chi connectivity index (χ2n) is 4.08. The first-order valence-electron chi connectivity index (χ1n) is 4.54. The monoisotopic (exact) mass is 193 g/mol. The fourth-order valence-electron chi connectivity index (χ4n) is 1.60. The van der Waals surface area contributed by atoms with Crippen molar-refractivity contribution in [3.05, 3.63) is 23.8 Å². The maximum Gasteiger partial charge on any atom is 0.354 e. The number of nitrogens with zero attached hydrogens (tertiary/aromatic N) is 1. The summed E-state index contributed by atoms with van der Waals surface area (Å²) in [5.41, 5.74) is 2.54. The fraction of sp³-hybridized carbons (Fsp3) is 0.400. The van der Waals surface area contributed by atoms with Gasteiger partial charge in [-0.05, 0) is 37.7 Å². The molecular formula is C10H15NOSi. The normalized spacial score (nSPS) is 18.3. The van der Waals surface area contributed by atoms with E-state index >= 15 is 0 Å². The van der Waals surface area contributed by atoms with Crippen LogP contribution >= 0.6 is 0 Å². The van der Waals surface area contributed by atoms with E-state index in [-0.39, 0.29) is 0 Å². The Labute approximate surface area is 80.3 Å². The molecule has 0 radical (unpaired) electrons. The van der Waals surface area contributed by atoms with Gasteiger partial charge in [-0.1, -0.05) is 6.07 Å². The Kier molecular flexibility index (Phi) is 1.67. The van der Waals surface area contributed by atoms with E-state index in [2.05, 4.69) is 49.8 Å². The first kappa shape index (κ1) is 8.63. The first-order valence-corrected chi connectivity index (χ1v) is 7.40. The molecule has 3 heteroatoms. The lowest BCUT2D eigenvalue weighted by Crippen LogP contribution is -2.47. The number of anilines is 1. The van der Waals surface area contributed by atoms with Crippen molar-refractivity contribution in [2.24, 2.45) is 0 Å². The van der Waals surface area contributed by atoms with Gasteiger partial charge in [0.1, 0.15) is 5.75 Å². The average Bonchev–Trinajstić information content (AvgIpc) is 2.26. The molecule has 0 N–H and O–H groups in total. The zero-order valence-corrected chi connectivity index (χ0v) is 9.59. The smallest absolute Gasteiger partial charge is 0.354 e. The summed E-state index contributed by atoms with van der Waals surface area (Å²) in [5, 5.41) is 0. The molecule has 0 amide bonds. The van der Waals surface area contributed by atoms with Gasteiger partial charge in [-0.2, -0.15) is 0 Å². The van der Waals surface area contributed by atoms with Crippen LogP contribution in [0.1, 0.15) is 5.56 Å². The van der Waals surface area contributed by atoms with E-state index in [1.165, 1.54) is 11.3 Å². The SMILES string of the molecule is Cc1ccc2c(c1)N(C)[Si](C)(C)O2. The van der Waals surface area contributed by atoms with Crippen LogP contribution < -0.4 is 8.99 Å². The summed E-state index contributed by atoms with van der Waals surface area (Å²) in [6.45, 7) is 6.53. The highest BCUT2D eigenvalue weighted by atomic mass is 28.4. The zero-order valence-electron chi connectivity index (χ0n) is 8.59. The van der Waals surface area contributed by atoms with Crippen molar-refractivity contribution in [2.75, 3.05) is 11.6 Å². The molecule has 0 saturated heterocycles. The molecule has 0 aromatic heterocycles. The summed E-state index contributed by atoms with van der Waals surface area (Å²) in [4.78, 5) is 0. The molecule has 0 unspecified atom stereocenters. The molecule has 1 aliphatic rings. The van der Waals surface area contributed by atoms with Crippen LogP contribution in [0.2, 0.25) is 13.1 Å². The van der Waals surface area contributed by atoms with E-state index in [1.807, 2.05) is 0 Å². The minimum absolute atomic E-state index is 1.05. The number of benzene rings is 1. The topological polar surface area (TPSA) is 12.5 Å². The van der Waals surface area contributed by atoms with E-state index < -0.39 is 8.48 Å². The molecule has 2 rings (SSSR count). The third-order valence-electron chi connectivity index (χ3n) is 2.64. The van der Waals surface area contributed by atoms with Gasteiger partial charge in [0.25, 0.3) is 0 Å². The van der Waals surface area contributed by atoms with Crippen LogP contribution in [-0.2, 0) is 0 Å². The Morgan fingerprint density at radius 3 is 2.69 bits per heavy atom. The van der Waals surface area contributed by atoms with E-state index in [1.54, 1.807) is 0 Å². The molecular weight excluding hydrogens is 178 g/mol. The zero-order chi connectivity index (χ0) is 9.64. The van der Waals surface area contributed by atoms with Crippen molar-refractivity contribution in [3.8, 4) is 5.75 Å². The Balaban J connectivity index is 2.51. The molecule has 70 valence electrons. The lowest BCUT2D eigenvalue weighted by molar-refractivity contribution is 0.573. The van der Waals surface area contributed by atoms with Crippen LogP contribution in [0.15, 0.2) is 18.2 Å². The van der Waals surface area contributed by atoms with Crippen LogP contribution in [0, 0.1) is 6.92 Å². The van der Waals surface area contributed by atoms with Gasteiger partial charge < -0.3 is 8.99 Å². The molecule has 0 aliphatic carbocycles. The van der Waals surface area contributed by atoms with Crippen molar-refractivity contribution in [1.29, 1.82) is 0 Å². The molecule has 1 heterocycles. The quantitative estimate of drug-likeness (QED) is 0.587. The maximum atomic E-state index is 5.93. The van der Waals surface area contributed by atoms with Crippen molar-refractivity contribution in [3.63, 3.8) is 0 Å². The molecule has 1 aromatic rings. The molecule has 0 saturated carbocycles. The highest BCUT2D eigenvalue weighted by Crippen LogP contribution is 2.39. The minimum atomic E-state index is -1.64. The van der Waals surface area contributed by atoms with Crippen molar-refractivity contribution >= 4 is 14.2 Å². The summed E-state index contributed by atoms with van der Waals surface area (Å²) in [6.07, 6.45) is 0. The van der Waals surface area contributed by atoms with Crippen LogP contribution in [-0.4, -0.2) is 15.5 Å². The van der Waals surface area contributed by atoms with Crippen molar-refractivity contribution in [2.45, 2.75) is 20.0 Å². The van der Waals surface area contributed by atoms with Crippen LogP contribution in [0.5, 0.6) is 5.75 Å². The lowest BCUT2D eigenvalue weighted by atomic mass is 10.2. The Hall–Kier alpha value is -0.963. The van der Waals surface area contributed by atoms with Gasteiger partial charge in [0.05, 0.1) is 5.69 Å². The second-order valence-corrected chi connectivity index (χ2v) is 7.85. The molecule has 1 aliphatic heterocycles. The van der Waals surface area contributed by atoms with E-state index in [4.69, 9.17) is 4.43 Å². The van der Waals surface area contributed by atoms with Crippen LogP contribution in [0.4, 0.5) is 5.69 Å². The highest BCUT2D eigenvalue weighted by Gasteiger charge is 2.38. The second kappa shape index (κ2) is 2.51. The van der Waals surface area contributed by atoms with E-state index in [0.29, 0.717) is 0 Å². The molecule has 0 spiro atoms. The highest BCUT2D eigenvalue weighted by molar-refractivity contribution is 6.77. The number of rotatable bonds is 0. The van der Waals surface area contributed by atoms with Crippen LogP contribution in [0.25, 0.3) is 0 Å². The first-order chi connectivity index (χ1) is 6.00. The van der Waals surface area contributed by atoms with Gasteiger partial charge in [-0.25, -0.2) is 0 Å². The van der Waals surface area contributed by atoms with Crippen LogP contribution in [0.3, 0.4) is 0 Å². The molecule has 2 nitrogen and oxygen atoms in total. The van der Waals surface area contributed by atoms with Gasteiger partial charge in [-0.15, -0.1) is 0 Å². The number of fused-ring (bicyclic) bond motifs is 1. The van der Waals surface area contributed by atoms with Gasteiger partial charge in [0.2, 0.25) is 0 Å². The van der Waals surface area contributed by atoms with E-state index in [9.17, 15) is 0 Å². The fourth-order valence-corrected chi connectivity index (χ4v) is 3.21. The lowest BCUT2D eigenvalue weighted by Gasteiger charge is -2.24. The standard InChI is InChI=1S/C10H15NOSi/c1-8-5-6-10-9(7-8)11(2)13(3,4)12-10/h5-7H,1-4H3. The summed E-state index contributed by atoms with van der Waals surface area (Å²) < 4.78 is 8.23. The summed E-state index contributed by atoms with van der Waals surface area (Å²) in [6, 6.07) is 6.36. The predicted octanol–water partition coefficient (Wildman–Crippen LogP) is 2.53. The molecule has 0 fully saturated rings. The van der Waals surface area contributed by atoms with Crippen molar-refractivity contribution < 1.29 is 4.43 Å². The molecule has 0 bridgehead atoms. The molecule has 0 atom stereocenters. The minimum Gasteiger partial charge on any atom is -0.524 e. The van der Waals surface area contributed by atoms with Crippen molar-refractivity contribution in [1.82, 2.24) is 0 Å². The largest absolute Gasteiger partial charge is 0.524 e. The number of aryl methyl sites for hydroxylation is 1. The Bertz CT molecular complexity index is 349. The molecule has 13 heavy (non-hydrogen) atoms. The third kappa shape index (κ3) is 1.23. The Morgan fingerprint density at radius 1 is 1.31 bits per heavy atom. The average molecular weight is 193 g/mol. The van der Waals surface area contributed by atoms with Gasteiger partial charge in [0.15, 0.2) is 0 Å². The van der Waals surface area contributed by atoms with Gasteiger partial charge >= 0.3 is 8.48 Å². The molecule has 1 aromatic carbocycles. The number of hydrogen-bond acceptors (Lipinski definition) is 2. The number of hydrogen-bond donors (Lipinski definition) is 0. The van der Waals surface area contributed by atoms with Gasteiger partial charge in [0, 0.05) is 7.05 Å².